The first-order valence-electron chi connectivity index (χ1n) is 8.59. The van der Waals surface area contributed by atoms with E-state index in [4.69, 9.17) is 9.47 Å². The second-order valence-corrected chi connectivity index (χ2v) is 6.95. The van der Waals surface area contributed by atoms with Crippen molar-refractivity contribution in [1.82, 2.24) is 0 Å². The molecule has 0 bridgehead atoms. The van der Waals surface area contributed by atoms with Crippen molar-refractivity contribution in [2.24, 2.45) is 11.8 Å². The van der Waals surface area contributed by atoms with Gasteiger partial charge in [0.2, 0.25) is 0 Å². The fraction of sp³-hybridized carbons (Fsp3) is 0.700. The van der Waals surface area contributed by atoms with Crippen LogP contribution >= 0.6 is 0 Å². The molecule has 1 aliphatic heterocycles. The smallest absolute Gasteiger partial charge is 0.163 e. The molecule has 2 aliphatic rings. The van der Waals surface area contributed by atoms with Gasteiger partial charge in [-0.25, -0.2) is 0 Å². The summed E-state index contributed by atoms with van der Waals surface area (Å²) in [6, 6.07) is 0. The van der Waals surface area contributed by atoms with Crippen molar-refractivity contribution >= 4 is 0 Å². The summed E-state index contributed by atoms with van der Waals surface area (Å²) in [5.74, 6) is 12.2. The number of rotatable bonds is 6. The third-order valence-electron chi connectivity index (χ3n) is 4.45. The van der Waals surface area contributed by atoms with Gasteiger partial charge in [-0.15, -0.1) is 0 Å². The Hall–Kier alpha value is -1.26. The van der Waals surface area contributed by atoms with E-state index in [1.54, 1.807) is 0 Å². The molecule has 23 heavy (non-hydrogen) atoms. The molecule has 0 radical (unpaired) electrons. The Morgan fingerprint density at radius 3 is 2.70 bits per heavy atom. The zero-order valence-electron chi connectivity index (χ0n) is 14.5. The number of aliphatic hydroxyl groups excluding tert-OH is 1. The quantitative estimate of drug-likeness (QED) is 0.604. The molecular weight excluding hydrogens is 288 g/mol. The molecule has 0 aromatic heterocycles. The van der Waals surface area contributed by atoms with Gasteiger partial charge in [0.25, 0.3) is 0 Å². The molecule has 0 amide bonds. The van der Waals surface area contributed by atoms with Gasteiger partial charge in [-0.3, -0.25) is 0 Å². The first kappa shape index (κ1) is 18.1. The van der Waals surface area contributed by atoms with E-state index in [1.807, 2.05) is 13.8 Å². The average molecular weight is 316 g/mol. The summed E-state index contributed by atoms with van der Waals surface area (Å²) in [7, 11) is 0. The van der Waals surface area contributed by atoms with Crippen LogP contribution in [0.15, 0.2) is 12.7 Å². The molecule has 2 fully saturated rings. The molecule has 3 nitrogen and oxygen atoms in total. The zero-order chi connectivity index (χ0) is 16.9. The van der Waals surface area contributed by atoms with Crippen LogP contribution in [0.5, 0.6) is 0 Å². The lowest BCUT2D eigenvalue weighted by Gasteiger charge is -2.16. The number of hydrogen-bond donors (Lipinski definition) is 1. The fourth-order valence-electron chi connectivity index (χ4n) is 3.27. The highest BCUT2D eigenvalue weighted by atomic mass is 16.7. The molecule has 5 atom stereocenters. The van der Waals surface area contributed by atoms with Crippen LogP contribution in [-0.4, -0.2) is 29.2 Å². The van der Waals surface area contributed by atoms with Crippen LogP contribution in [0.4, 0.5) is 0 Å². The van der Waals surface area contributed by atoms with Gasteiger partial charge in [0.15, 0.2) is 5.79 Å². The predicted molar refractivity (Wildman–Crippen MR) is 91.3 cm³/mol. The van der Waals surface area contributed by atoms with Crippen molar-refractivity contribution in [3.63, 3.8) is 0 Å². The van der Waals surface area contributed by atoms with Crippen LogP contribution in [0.1, 0.15) is 52.9 Å². The molecule has 2 rings (SSSR count). The number of hydrogen-bond acceptors (Lipinski definition) is 3. The summed E-state index contributed by atoms with van der Waals surface area (Å²) in [6.07, 6.45) is 6.30. The van der Waals surface area contributed by atoms with E-state index in [2.05, 4.69) is 37.2 Å². The van der Waals surface area contributed by atoms with E-state index in [1.165, 1.54) is 25.3 Å². The highest BCUT2D eigenvalue weighted by Gasteiger charge is 2.45. The first-order chi connectivity index (χ1) is 10.9. The molecular formula is C20H28O3. The molecule has 3 heteroatoms. The predicted octanol–water partition coefficient (Wildman–Crippen LogP) is 3.28. The number of ether oxygens (including phenoxy) is 2. The summed E-state index contributed by atoms with van der Waals surface area (Å²) < 4.78 is 12.1. The summed E-state index contributed by atoms with van der Waals surface area (Å²) in [4.78, 5) is 0. The minimum absolute atomic E-state index is 0.00602. The third kappa shape index (κ3) is 5.70. The van der Waals surface area contributed by atoms with Crippen molar-refractivity contribution in [2.75, 3.05) is 0 Å². The SMILES string of the molecule is C=C[C@@H](O)C#CC#CC[C@@H]1OC(C)(C)O[C@H]1CC1CC1CCC. The maximum absolute atomic E-state index is 9.25. The standard InChI is InChI=1S/C20H28O3/c1-5-10-15-13-16(15)14-19-18(22-20(3,4)23-19)12-9-7-8-11-17(21)6-2/h6,15-19,21H,2,5,10,12-14H2,1,3-4H3/t15?,16?,17-,18+,19+/m1/s1. The van der Waals surface area contributed by atoms with Crippen LogP contribution in [0.25, 0.3) is 0 Å². The van der Waals surface area contributed by atoms with Crippen LogP contribution in [0.3, 0.4) is 0 Å². The van der Waals surface area contributed by atoms with Gasteiger partial charge in [-0.05, 0) is 50.4 Å². The molecule has 1 saturated heterocycles. The van der Waals surface area contributed by atoms with Gasteiger partial charge in [0, 0.05) is 6.42 Å². The zero-order valence-corrected chi connectivity index (χ0v) is 14.5. The molecule has 2 unspecified atom stereocenters. The molecule has 126 valence electrons. The molecule has 1 N–H and O–H groups in total. The largest absolute Gasteiger partial charge is 0.377 e. The Kier molecular flexibility index (Phi) is 6.31. The Labute approximate surface area is 140 Å². The summed E-state index contributed by atoms with van der Waals surface area (Å²) in [5, 5.41) is 9.25. The summed E-state index contributed by atoms with van der Waals surface area (Å²) in [6.45, 7) is 9.64. The topological polar surface area (TPSA) is 38.7 Å². The molecule has 1 aliphatic carbocycles. The van der Waals surface area contributed by atoms with Crippen molar-refractivity contribution in [1.29, 1.82) is 0 Å². The van der Waals surface area contributed by atoms with Crippen LogP contribution in [0, 0.1) is 35.5 Å². The Bertz CT molecular complexity index is 529. The minimum atomic E-state index is -0.813. The molecule has 0 spiro atoms. The summed E-state index contributed by atoms with van der Waals surface area (Å²) in [5.41, 5.74) is 0. The van der Waals surface area contributed by atoms with E-state index in [-0.39, 0.29) is 12.2 Å². The van der Waals surface area contributed by atoms with Crippen LogP contribution < -0.4 is 0 Å². The van der Waals surface area contributed by atoms with Gasteiger partial charge in [0.1, 0.15) is 6.10 Å². The molecule has 0 aromatic carbocycles. The lowest BCUT2D eigenvalue weighted by atomic mass is 10.0. The van der Waals surface area contributed by atoms with Gasteiger partial charge in [-0.2, -0.15) is 0 Å². The summed E-state index contributed by atoms with van der Waals surface area (Å²) >= 11 is 0. The minimum Gasteiger partial charge on any atom is -0.377 e. The fourth-order valence-corrected chi connectivity index (χ4v) is 3.27. The molecule has 1 saturated carbocycles. The lowest BCUT2D eigenvalue weighted by Crippen LogP contribution is -2.23. The van der Waals surface area contributed by atoms with Crippen molar-refractivity contribution in [3.8, 4) is 23.7 Å². The molecule has 1 heterocycles. The maximum Gasteiger partial charge on any atom is 0.163 e. The van der Waals surface area contributed by atoms with Crippen LogP contribution in [0.2, 0.25) is 0 Å². The first-order valence-corrected chi connectivity index (χ1v) is 8.59. The van der Waals surface area contributed by atoms with E-state index in [9.17, 15) is 5.11 Å². The highest BCUT2D eigenvalue weighted by molar-refractivity contribution is 5.28. The average Bonchev–Trinajstić information content (AvgIpc) is 3.14. The van der Waals surface area contributed by atoms with Crippen molar-refractivity contribution < 1.29 is 14.6 Å². The van der Waals surface area contributed by atoms with Gasteiger partial charge >= 0.3 is 0 Å². The second-order valence-electron chi connectivity index (χ2n) is 6.95. The van der Waals surface area contributed by atoms with Crippen LogP contribution in [-0.2, 0) is 9.47 Å². The Balaban J connectivity index is 1.86. The molecule has 0 aromatic rings. The Morgan fingerprint density at radius 2 is 2.00 bits per heavy atom. The van der Waals surface area contributed by atoms with Crippen molar-refractivity contribution in [2.45, 2.75) is 77.0 Å². The van der Waals surface area contributed by atoms with Crippen molar-refractivity contribution in [3.05, 3.63) is 12.7 Å². The third-order valence-corrected chi connectivity index (χ3v) is 4.45. The normalized spacial score (nSPS) is 32.2. The van der Waals surface area contributed by atoms with E-state index in [0.717, 1.165) is 18.3 Å². The maximum atomic E-state index is 9.25. The second kappa shape index (κ2) is 8.02. The van der Waals surface area contributed by atoms with E-state index >= 15 is 0 Å². The lowest BCUT2D eigenvalue weighted by molar-refractivity contribution is -0.146. The Morgan fingerprint density at radius 1 is 1.26 bits per heavy atom. The number of aliphatic hydroxyl groups is 1. The monoisotopic (exact) mass is 316 g/mol. The van der Waals surface area contributed by atoms with E-state index < -0.39 is 11.9 Å². The van der Waals surface area contributed by atoms with Gasteiger partial charge in [0.05, 0.1) is 12.2 Å². The van der Waals surface area contributed by atoms with Gasteiger partial charge in [-0.1, -0.05) is 44.3 Å². The highest BCUT2D eigenvalue weighted by Crippen LogP contribution is 2.47. The van der Waals surface area contributed by atoms with Gasteiger partial charge < -0.3 is 14.6 Å². The van der Waals surface area contributed by atoms with E-state index in [0.29, 0.717) is 6.42 Å².